The Balaban J connectivity index is 1.45. The fourth-order valence-electron chi connectivity index (χ4n) is 4.28. The number of fused-ring (bicyclic) bond motifs is 1. The van der Waals surface area contributed by atoms with Crippen LogP contribution >= 0.6 is 35.6 Å². The average molecular weight is 534 g/mol. The molecule has 0 bridgehead atoms. The number of para-hydroxylation sites is 1. The number of anilines is 2. The number of hydrogen-bond acceptors (Lipinski definition) is 5. The van der Waals surface area contributed by atoms with E-state index in [2.05, 4.69) is 5.32 Å². The third kappa shape index (κ3) is 4.43. The Hall–Kier alpha value is -3.46. The molecule has 3 amide bonds. The highest BCUT2D eigenvalue weighted by Gasteiger charge is 2.43. The fraction of sp³-hybridized carbons (Fsp3) is 0.111. The molecule has 6 nitrogen and oxygen atoms in total. The van der Waals surface area contributed by atoms with Crippen molar-refractivity contribution >= 4 is 74.6 Å². The number of amides is 3. The van der Waals surface area contributed by atoms with Gasteiger partial charge < -0.3 is 5.32 Å². The predicted molar refractivity (Wildman–Crippen MR) is 148 cm³/mol. The average Bonchev–Trinajstić information content (AvgIpc) is 3.32. The van der Waals surface area contributed by atoms with Gasteiger partial charge in [-0.05, 0) is 42.8 Å². The van der Waals surface area contributed by atoms with Gasteiger partial charge in [0.15, 0.2) is 0 Å². The number of hydrogen-bond donors (Lipinski definition) is 1. The van der Waals surface area contributed by atoms with Crippen LogP contribution in [-0.4, -0.2) is 33.5 Å². The van der Waals surface area contributed by atoms with Gasteiger partial charge in [-0.25, -0.2) is 0 Å². The van der Waals surface area contributed by atoms with Crippen LogP contribution in [0.15, 0.2) is 83.8 Å². The zero-order valence-electron chi connectivity index (χ0n) is 19.1. The van der Waals surface area contributed by atoms with E-state index in [1.54, 1.807) is 53.4 Å². The summed E-state index contributed by atoms with van der Waals surface area (Å²) in [7, 11) is 0. The highest BCUT2D eigenvalue weighted by atomic mass is 35.5. The SMILES string of the molecule is C[C@H](c1ccccc1)N1C(=O)/C(=C2/C(=O)N(CC(=O)Nc3ccc(Cl)cc3)c3ccccc32)SC1=S. The summed E-state index contributed by atoms with van der Waals surface area (Å²) in [5.41, 5.74) is 2.96. The summed E-state index contributed by atoms with van der Waals surface area (Å²) in [5.74, 6) is -1.09. The maximum absolute atomic E-state index is 13.6. The Bertz CT molecular complexity index is 1420. The van der Waals surface area contributed by atoms with Gasteiger partial charge in [0.25, 0.3) is 11.8 Å². The van der Waals surface area contributed by atoms with Gasteiger partial charge in [-0.2, -0.15) is 0 Å². The van der Waals surface area contributed by atoms with Crippen LogP contribution in [0.4, 0.5) is 11.4 Å². The van der Waals surface area contributed by atoms with Crippen molar-refractivity contribution in [2.75, 3.05) is 16.8 Å². The Morgan fingerprint density at radius 3 is 2.36 bits per heavy atom. The highest BCUT2D eigenvalue weighted by molar-refractivity contribution is 8.26. The minimum atomic E-state index is -0.407. The Morgan fingerprint density at radius 2 is 1.64 bits per heavy atom. The van der Waals surface area contributed by atoms with Crippen LogP contribution in [0.2, 0.25) is 5.02 Å². The van der Waals surface area contributed by atoms with E-state index in [4.69, 9.17) is 23.8 Å². The van der Waals surface area contributed by atoms with E-state index in [1.165, 1.54) is 4.90 Å². The van der Waals surface area contributed by atoms with Crippen molar-refractivity contribution in [3.8, 4) is 0 Å². The van der Waals surface area contributed by atoms with Crippen molar-refractivity contribution < 1.29 is 14.4 Å². The molecule has 36 heavy (non-hydrogen) atoms. The molecule has 5 rings (SSSR count). The number of rotatable bonds is 5. The minimum Gasteiger partial charge on any atom is -0.325 e. The van der Waals surface area contributed by atoms with E-state index in [1.807, 2.05) is 37.3 Å². The Labute approximate surface area is 222 Å². The molecule has 0 saturated carbocycles. The first-order valence-corrected chi connectivity index (χ1v) is 12.8. The summed E-state index contributed by atoms with van der Waals surface area (Å²) in [6, 6.07) is 23.2. The van der Waals surface area contributed by atoms with E-state index in [0.717, 1.165) is 17.3 Å². The van der Waals surface area contributed by atoms with Crippen molar-refractivity contribution in [1.29, 1.82) is 0 Å². The maximum Gasteiger partial charge on any atom is 0.267 e. The summed E-state index contributed by atoms with van der Waals surface area (Å²) < 4.78 is 0.392. The van der Waals surface area contributed by atoms with Gasteiger partial charge >= 0.3 is 0 Å². The molecule has 1 saturated heterocycles. The number of nitrogens with one attached hydrogen (secondary N) is 1. The van der Waals surface area contributed by atoms with Crippen molar-refractivity contribution in [2.45, 2.75) is 13.0 Å². The molecular formula is C27H20ClN3O3S2. The molecule has 0 aliphatic carbocycles. The number of thiocarbonyl (C=S) groups is 1. The molecule has 0 unspecified atom stereocenters. The molecule has 9 heteroatoms. The monoisotopic (exact) mass is 533 g/mol. The van der Waals surface area contributed by atoms with Gasteiger partial charge in [-0.15, -0.1) is 0 Å². The van der Waals surface area contributed by atoms with Crippen LogP contribution in [0.3, 0.4) is 0 Å². The molecular weight excluding hydrogens is 514 g/mol. The van der Waals surface area contributed by atoms with E-state index in [9.17, 15) is 14.4 Å². The molecule has 0 aromatic heterocycles. The fourth-order valence-corrected chi connectivity index (χ4v) is 5.89. The molecule has 1 fully saturated rings. The second-order valence-corrected chi connectivity index (χ2v) is 10.4. The van der Waals surface area contributed by atoms with Crippen LogP contribution in [-0.2, 0) is 14.4 Å². The lowest BCUT2D eigenvalue weighted by molar-refractivity contribution is -0.123. The molecule has 0 radical (unpaired) electrons. The molecule has 180 valence electrons. The van der Waals surface area contributed by atoms with Crippen molar-refractivity contribution in [3.63, 3.8) is 0 Å². The molecule has 3 aromatic rings. The normalized spacial score (nSPS) is 18.0. The third-order valence-electron chi connectivity index (χ3n) is 6.05. The second-order valence-electron chi connectivity index (χ2n) is 8.30. The van der Waals surface area contributed by atoms with Crippen LogP contribution in [0.1, 0.15) is 24.1 Å². The van der Waals surface area contributed by atoms with Gasteiger partial charge in [-0.1, -0.05) is 84.1 Å². The standard InChI is InChI=1S/C27H20ClN3O3S2/c1-16(17-7-3-2-4-8-17)31-26(34)24(36-27(31)35)23-20-9-5-6-10-21(20)30(25(23)33)15-22(32)29-19-13-11-18(28)12-14-19/h2-14,16H,15H2,1H3,(H,29,32)/b24-23-/t16-/m1/s1. The number of nitrogens with zero attached hydrogens (tertiary/aromatic N) is 2. The zero-order valence-corrected chi connectivity index (χ0v) is 21.5. The first kappa shape index (κ1) is 24.2. The van der Waals surface area contributed by atoms with Crippen molar-refractivity contribution in [2.24, 2.45) is 0 Å². The lowest BCUT2D eigenvalue weighted by Gasteiger charge is -2.23. The summed E-state index contributed by atoms with van der Waals surface area (Å²) in [6.07, 6.45) is 0. The van der Waals surface area contributed by atoms with Crippen LogP contribution in [0.25, 0.3) is 5.57 Å². The summed E-state index contributed by atoms with van der Waals surface area (Å²) >= 11 is 12.6. The van der Waals surface area contributed by atoms with E-state index in [0.29, 0.717) is 26.3 Å². The lowest BCUT2D eigenvalue weighted by Crippen LogP contribution is -2.35. The van der Waals surface area contributed by atoms with Crippen LogP contribution in [0, 0.1) is 0 Å². The van der Waals surface area contributed by atoms with Gasteiger partial charge in [-0.3, -0.25) is 24.2 Å². The topological polar surface area (TPSA) is 69.7 Å². The first-order valence-electron chi connectivity index (χ1n) is 11.2. The summed E-state index contributed by atoms with van der Waals surface area (Å²) in [6.45, 7) is 1.70. The maximum atomic E-state index is 13.6. The molecule has 1 N–H and O–H groups in total. The van der Waals surface area contributed by atoms with E-state index < -0.39 is 5.91 Å². The summed E-state index contributed by atoms with van der Waals surface area (Å²) in [5, 5.41) is 3.33. The molecule has 0 spiro atoms. The van der Waals surface area contributed by atoms with Crippen molar-refractivity contribution in [1.82, 2.24) is 4.90 Å². The number of benzene rings is 3. The Morgan fingerprint density at radius 1 is 0.972 bits per heavy atom. The smallest absolute Gasteiger partial charge is 0.267 e. The van der Waals surface area contributed by atoms with Crippen LogP contribution in [0.5, 0.6) is 0 Å². The van der Waals surface area contributed by atoms with E-state index in [-0.39, 0.29) is 34.9 Å². The molecule has 2 heterocycles. The van der Waals surface area contributed by atoms with Gasteiger partial charge in [0.05, 0.1) is 22.2 Å². The van der Waals surface area contributed by atoms with Gasteiger partial charge in [0.2, 0.25) is 5.91 Å². The minimum absolute atomic E-state index is 0.206. The molecule has 3 aromatic carbocycles. The Kier molecular flexibility index (Phi) is 6.66. The molecule has 1 atom stereocenters. The molecule has 2 aliphatic heterocycles. The largest absolute Gasteiger partial charge is 0.325 e. The van der Waals surface area contributed by atoms with Gasteiger partial charge in [0, 0.05) is 16.3 Å². The number of thioether (sulfide) groups is 1. The number of carbonyl (C=O) groups is 3. The van der Waals surface area contributed by atoms with Gasteiger partial charge in [0.1, 0.15) is 10.9 Å². The third-order valence-corrected chi connectivity index (χ3v) is 7.70. The predicted octanol–water partition coefficient (Wildman–Crippen LogP) is 5.66. The van der Waals surface area contributed by atoms with Crippen LogP contribution < -0.4 is 10.2 Å². The first-order chi connectivity index (χ1) is 17.3. The quantitative estimate of drug-likeness (QED) is 0.338. The lowest BCUT2D eigenvalue weighted by atomic mass is 10.1. The molecule has 2 aliphatic rings. The summed E-state index contributed by atoms with van der Waals surface area (Å²) in [4.78, 5) is 43.2. The second kappa shape index (κ2) is 9.89. The van der Waals surface area contributed by atoms with E-state index >= 15 is 0 Å². The highest BCUT2D eigenvalue weighted by Crippen LogP contribution is 2.46. The zero-order chi connectivity index (χ0) is 25.4. The van der Waals surface area contributed by atoms with Crippen molar-refractivity contribution in [3.05, 3.63) is 99.9 Å². The number of halogens is 1. The number of carbonyl (C=O) groups excluding carboxylic acids is 3.